The zero-order valence-corrected chi connectivity index (χ0v) is 18.4. The van der Waals surface area contributed by atoms with E-state index < -0.39 is 28.4 Å². The zero-order valence-electron chi connectivity index (χ0n) is 17.6. The lowest BCUT2D eigenvalue weighted by molar-refractivity contribution is -0.130. The predicted octanol–water partition coefficient (Wildman–Crippen LogP) is 3.29. The maximum atomic E-state index is 12.4. The van der Waals surface area contributed by atoms with Crippen LogP contribution in [0.25, 0.3) is 16.9 Å². The Labute approximate surface area is 179 Å². The number of nitrogens with one attached hydrogen (secondary N) is 2. The molecule has 0 amide bonds. The van der Waals surface area contributed by atoms with Gasteiger partial charge in [0.15, 0.2) is 11.1 Å². The number of halogens is 3. The molecule has 1 fully saturated rings. The van der Waals surface area contributed by atoms with Crippen molar-refractivity contribution in [3.63, 3.8) is 0 Å². The first kappa shape index (κ1) is 23.5. The normalized spacial score (nSPS) is 23.0. The number of sulfonamides is 1. The van der Waals surface area contributed by atoms with Gasteiger partial charge in [0.25, 0.3) is 0 Å². The van der Waals surface area contributed by atoms with Crippen LogP contribution in [0.3, 0.4) is 0 Å². The first-order valence-corrected chi connectivity index (χ1v) is 11.9. The van der Waals surface area contributed by atoms with Crippen molar-refractivity contribution in [1.82, 2.24) is 19.3 Å². The Morgan fingerprint density at radius 2 is 2.16 bits per heavy atom. The topological polar surface area (TPSA) is 92.1 Å². The molecule has 31 heavy (non-hydrogen) atoms. The number of rotatable bonds is 8. The fourth-order valence-corrected chi connectivity index (χ4v) is 5.53. The number of hydrogen-bond acceptors (Lipinski definition) is 4. The summed E-state index contributed by atoms with van der Waals surface area (Å²) in [6, 6.07) is 1.91. The van der Waals surface area contributed by atoms with Crippen LogP contribution in [0, 0.1) is 17.8 Å². The van der Waals surface area contributed by atoms with Crippen molar-refractivity contribution in [3.8, 4) is 0 Å². The third-order valence-electron chi connectivity index (χ3n) is 5.99. The maximum Gasteiger partial charge on any atom is 0.390 e. The molecule has 0 radical (unpaired) electrons. The van der Waals surface area contributed by atoms with E-state index in [1.807, 2.05) is 10.6 Å². The van der Waals surface area contributed by atoms with Gasteiger partial charge in [-0.1, -0.05) is 19.9 Å². The minimum atomic E-state index is -4.49. The van der Waals surface area contributed by atoms with Crippen molar-refractivity contribution < 1.29 is 21.6 Å². The molecule has 2 heterocycles. The summed E-state index contributed by atoms with van der Waals surface area (Å²) in [7, 11) is -2.29. The lowest BCUT2D eigenvalue weighted by Crippen LogP contribution is -2.32. The second-order valence-electron chi connectivity index (χ2n) is 8.02. The smallest absolute Gasteiger partial charge is 0.345 e. The molecule has 7 nitrogen and oxygen atoms in total. The van der Waals surface area contributed by atoms with Gasteiger partial charge in [0.1, 0.15) is 0 Å². The van der Waals surface area contributed by atoms with E-state index >= 15 is 0 Å². The minimum absolute atomic E-state index is 0.0264. The van der Waals surface area contributed by atoms with Gasteiger partial charge in [-0.05, 0) is 30.7 Å². The Bertz CT molecular complexity index is 1100. The van der Waals surface area contributed by atoms with E-state index in [0.29, 0.717) is 17.6 Å². The second kappa shape index (κ2) is 9.15. The number of nitrogens with zero attached hydrogens (tertiary/aromatic N) is 3. The highest BCUT2D eigenvalue weighted by molar-refractivity contribution is 7.89. The third-order valence-corrected chi connectivity index (χ3v) is 7.34. The van der Waals surface area contributed by atoms with Crippen molar-refractivity contribution >= 4 is 26.9 Å². The van der Waals surface area contributed by atoms with Crippen molar-refractivity contribution in [3.05, 3.63) is 30.5 Å². The van der Waals surface area contributed by atoms with Crippen LogP contribution in [-0.4, -0.2) is 48.5 Å². The fourth-order valence-electron chi connectivity index (χ4n) is 4.40. The van der Waals surface area contributed by atoms with E-state index in [0.717, 1.165) is 24.1 Å². The molecule has 0 unspecified atom stereocenters. The van der Waals surface area contributed by atoms with Crippen molar-refractivity contribution in [2.24, 2.45) is 22.7 Å². The fraction of sp³-hybridized carbons (Fsp3) is 0.600. The van der Waals surface area contributed by atoms with Gasteiger partial charge in [0.2, 0.25) is 10.0 Å². The lowest BCUT2D eigenvalue weighted by Gasteiger charge is -2.23. The Hall–Kier alpha value is -2.14. The Morgan fingerprint density at radius 1 is 1.42 bits per heavy atom. The van der Waals surface area contributed by atoms with Crippen molar-refractivity contribution in [2.45, 2.75) is 38.8 Å². The van der Waals surface area contributed by atoms with Gasteiger partial charge in [-0.3, -0.25) is 9.56 Å². The van der Waals surface area contributed by atoms with E-state index in [9.17, 15) is 21.6 Å². The molecule has 3 atom stereocenters. The van der Waals surface area contributed by atoms with E-state index in [1.165, 1.54) is 0 Å². The Morgan fingerprint density at radius 3 is 2.81 bits per heavy atom. The molecule has 0 spiro atoms. The molecule has 11 heteroatoms. The Kier molecular flexibility index (Phi) is 6.95. The summed E-state index contributed by atoms with van der Waals surface area (Å²) in [5.41, 5.74) is 3.11. The molecule has 2 aromatic heterocycles. The highest BCUT2D eigenvalue weighted by atomic mass is 32.2. The summed E-state index contributed by atoms with van der Waals surface area (Å²) >= 11 is 0. The van der Waals surface area contributed by atoms with Crippen LogP contribution in [0.1, 0.15) is 32.6 Å². The van der Waals surface area contributed by atoms with Crippen molar-refractivity contribution in [1.29, 1.82) is 0 Å². The maximum absolute atomic E-state index is 12.4. The molecule has 0 bridgehead atoms. The van der Waals surface area contributed by atoms with Crippen LogP contribution in [0.15, 0.2) is 30.0 Å². The Balaban J connectivity index is 1.74. The van der Waals surface area contributed by atoms with Crippen molar-refractivity contribution in [2.75, 3.05) is 19.3 Å². The molecule has 1 saturated carbocycles. The van der Waals surface area contributed by atoms with Crippen LogP contribution in [-0.2, 0) is 10.0 Å². The van der Waals surface area contributed by atoms with Gasteiger partial charge in [0, 0.05) is 31.4 Å². The number of aromatic nitrogens is 3. The number of H-pyrrole nitrogens is 1. The standard InChI is InChI=1S/C20H28F3N5O2S/c1-4-15-9-14(11-27-31(29,30)8-6-20(21,22)23)10-16(15)13(2)28-17-5-7-25-19(17)26-12-18(28)24-3/h5,7,12,14-16,25,27H,2,4,6,8-11H2,1,3H3/t14-,15-,16-/m0/s1. The number of allylic oxidation sites excluding steroid dienone is 1. The number of alkyl halides is 3. The van der Waals surface area contributed by atoms with Crippen LogP contribution < -0.4 is 10.2 Å². The van der Waals surface area contributed by atoms with E-state index in [-0.39, 0.29) is 24.3 Å². The quantitative estimate of drug-likeness (QED) is 0.635. The summed E-state index contributed by atoms with van der Waals surface area (Å²) in [6.07, 6.45) is -0.00458. The molecule has 2 aromatic rings. The van der Waals surface area contributed by atoms with Crippen LogP contribution in [0.4, 0.5) is 13.2 Å². The minimum Gasteiger partial charge on any atom is -0.345 e. The molecular formula is C20H28F3N5O2S. The van der Waals surface area contributed by atoms with E-state index in [2.05, 4.69) is 33.2 Å². The van der Waals surface area contributed by atoms with Crippen LogP contribution >= 0.6 is 0 Å². The van der Waals surface area contributed by atoms with Gasteiger partial charge < -0.3 is 4.98 Å². The molecule has 0 saturated heterocycles. The molecule has 172 valence electrons. The summed E-state index contributed by atoms with van der Waals surface area (Å²) in [4.78, 5) is 11.8. The number of aromatic amines is 1. The average molecular weight is 460 g/mol. The summed E-state index contributed by atoms with van der Waals surface area (Å²) in [5.74, 6) is -0.535. The predicted molar refractivity (Wildman–Crippen MR) is 113 cm³/mol. The number of fused-ring (bicyclic) bond motifs is 1. The van der Waals surface area contributed by atoms with Gasteiger partial charge in [-0.2, -0.15) is 13.2 Å². The third kappa shape index (κ3) is 5.57. The first-order chi connectivity index (χ1) is 14.5. The molecule has 0 aromatic carbocycles. The van der Waals surface area contributed by atoms with Gasteiger partial charge in [-0.15, -0.1) is 0 Å². The first-order valence-electron chi connectivity index (χ1n) is 10.3. The zero-order chi connectivity index (χ0) is 22.8. The summed E-state index contributed by atoms with van der Waals surface area (Å²) in [5, 5.41) is 0. The van der Waals surface area contributed by atoms with Crippen LogP contribution in [0.5, 0.6) is 0 Å². The summed E-state index contributed by atoms with van der Waals surface area (Å²) < 4.78 is 65.3. The second-order valence-corrected chi connectivity index (χ2v) is 9.95. The van der Waals surface area contributed by atoms with Gasteiger partial charge in [0.05, 0.1) is 23.9 Å². The largest absolute Gasteiger partial charge is 0.390 e. The summed E-state index contributed by atoms with van der Waals surface area (Å²) in [6.45, 7) is 6.55. The molecule has 1 aliphatic carbocycles. The molecular weight excluding hydrogens is 431 g/mol. The number of hydrogen-bond donors (Lipinski definition) is 2. The van der Waals surface area contributed by atoms with Crippen LogP contribution in [0.2, 0.25) is 0 Å². The average Bonchev–Trinajstić information content (AvgIpc) is 3.35. The van der Waals surface area contributed by atoms with Gasteiger partial charge in [-0.25, -0.2) is 18.1 Å². The molecule has 2 N–H and O–H groups in total. The lowest BCUT2D eigenvalue weighted by atomic mass is 9.91. The van der Waals surface area contributed by atoms with E-state index in [4.69, 9.17) is 0 Å². The monoisotopic (exact) mass is 459 g/mol. The molecule has 1 aliphatic rings. The molecule has 3 rings (SSSR count). The van der Waals surface area contributed by atoms with Gasteiger partial charge >= 0.3 is 6.18 Å². The highest BCUT2D eigenvalue weighted by Gasteiger charge is 2.36. The molecule has 0 aliphatic heterocycles. The SMILES string of the molecule is C=C([C@@H]1C[C@@H](CNS(=O)(=O)CCC(F)(F)F)C[C@@H]1CC)n1c(=NC)cnc2[nH]ccc21. The van der Waals surface area contributed by atoms with E-state index in [1.54, 1.807) is 19.4 Å². The highest BCUT2D eigenvalue weighted by Crippen LogP contribution is 2.43.